The van der Waals surface area contributed by atoms with Crippen LogP contribution < -0.4 is 16.8 Å². The number of benzene rings is 1. The highest BCUT2D eigenvalue weighted by molar-refractivity contribution is 5.98. The van der Waals surface area contributed by atoms with Gasteiger partial charge in [0.05, 0.1) is 11.7 Å². The van der Waals surface area contributed by atoms with Crippen molar-refractivity contribution in [3.05, 3.63) is 41.1 Å². The first-order valence-electron chi connectivity index (χ1n) is 6.35. The first kappa shape index (κ1) is 13.9. The zero-order valence-electron chi connectivity index (χ0n) is 11.8. The van der Waals surface area contributed by atoms with Crippen molar-refractivity contribution in [2.24, 2.45) is 12.8 Å². The van der Waals surface area contributed by atoms with Crippen LogP contribution in [0.25, 0.3) is 0 Å². The molecule has 0 bridgehead atoms. The van der Waals surface area contributed by atoms with E-state index in [1.807, 2.05) is 31.2 Å². The second-order valence-electron chi connectivity index (χ2n) is 4.83. The van der Waals surface area contributed by atoms with Gasteiger partial charge in [-0.3, -0.25) is 9.48 Å². The van der Waals surface area contributed by atoms with Gasteiger partial charge >= 0.3 is 0 Å². The van der Waals surface area contributed by atoms with Crippen LogP contribution in [0.5, 0.6) is 0 Å². The number of hydrogen-bond donors (Lipinski definition) is 3. The molecule has 1 aromatic heterocycles. The Labute approximate surface area is 117 Å². The molecule has 0 aliphatic carbocycles. The third-order valence-corrected chi connectivity index (χ3v) is 3.23. The molecule has 1 heterocycles. The fraction of sp³-hybridized carbons (Fsp3) is 0.286. The number of carbonyl (C=O) groups is 1. The Morgan fingerprint density at radius 1 is 1.45 bits per heavy atom. The summed E-state index contributed by atoms with van der Waals surface area (Å²) in [5.41, 5.74) is 14.0. The second-order valence-corrected chi connectivity index (χ2v) is 4.83. The van der Waals surface area contributed by atoms with Gasteiger partial charge in [0.2, 0.25) is 0 Å². The van der Waals surface area contributed by atoms with Crippen molar-refractivity contribution in [2.45, 2.75) is 19.9 Å². The summed E-state index contributed by atoms with van der Waals surface area (Å²) in [6.07, 6.45) is 0. The molecule has 0 aliphatic heterocycles. The fourth-order valence-corrected chi connectivity index (χ4v) is 2.24. The molecular weight excluding hydrogens is 254 g/mol. The first-order chi connectivity index (χ1) is 9.40. The quantitative estimate of drug-likeness (QED) is 0.736. The fourth-order valence-electron chi connectivity index (χ4n) is 2.24. The number of aryl methyl sites for hydroxylation is 2. The van der Waals surface area contributed by atoms with E-state index in [0.717, 1.165) is 5.56 Å². The van der Waals surface area contributed by atoms with E-state index in [0.29, 0.717) is 22.8 Å². The molecule has 0 radical (unpaired) electrons. The third-order valence-electron chi connectivity index (χ3n) is 3.23. The van der Waals surface area contributed by atoms with Crippen LogP contribution in [-0.2, 0) is 7.05 Å². The number of primary amides is 1. The van der Waals surface area contributed by atoms with Gasteiger partial charge < -0.3 is 16.8 Å². The van der Waals surface area contributed by atoms with Crippen LogP contribution in [0.1, 0.15) is 34.6 Å². The molecule has 6 nitrogen and oxygen atoms in total. The summed E-state index contributed by atoms with van der Waals surface area (Å²) in [5, 5.41) is 7.49. The number of rotatable bonds is 4. The summed E-state index contributed by atoms with van der Waals surface area (Å²) in [6.45, 7) is 3.75. The lowest BCUT2D eigenvalue weighted by molar-refractivity contribution is 0.100. The number of hydrogen-bond acceptors (Lipinski definition) is 4. The van der Waals surface area contributed by atoms with E-state index in [4.69, 9.17) is 11.5 Å². The molecule has 1 unspecified atom stereocenters. The molecule has 0 saturated carbocycles. The van der Waals surface area contributed by atoms with E-state index in [1.54, 1.807) is 18.7 Å². The highest BCUT2D eigenvalue weighted by Gasteiger charge is 2.19. The molecule has 20 heavy (non-hydrogen) atoms. The van der Waals surface area contributed by atoms with E-state index in [9.17, 15) is 4.79 Å². The average molecular weight is 273 g/mol. The van der Waals surface area contributed by atoms with Gasteiger partial charge in [-0.25, -0.2) is 0 Å². The molecule has 5 N–H and O–H groups in total. The monoisotopic (exact) mass is 273 g/mol. The summed E-state index contributed by atoms with van der Waals surface area (Å²) >= 11 is 0. The van der Waals surface area contributed by atoms with Gasteiger partial charge in [0.15, 0.2) is 0 Å². The normalized spacial score (nSPS) is 12.2. The Kier molecular flexibility index (Phi) is 3.65. The number of nitrogens with one attached hydrogen (secondary N) is 1. The van der Waals surface area contributed by atoms with Crippen LogP contribution in [0.2, 0.25) is 0 Å². The molecular formula is C14H19N5O. The molecule has 2 aromatic rings. The topological polar surface area (TPSA) is 99.0 Å². The SMILES string of the molecule is Cc1nn(C)c(NC(C)c2cccc(N)c2)c1C(N)=O. The van der Waals surface area contributed by atoms with Crippen molar-refractivity contribution in [2.75, 3.05) is 11.1 Å². The number of nitrogen functional groups attached to an aromatic ring is 1. The standard InChI is InChI=1S/C14H19N5O/c1-8(10-5-4-6-11(15)7-10)17-14-12(13(16)20)9(2)18-19(14)3/h4-8,17H,15H2,1-3H3,(H2,16,20). The zero-order chi connectivity index (χ0) is 14.9. The van der Waals surface area contributed by atoms with Crippen molar-refractivity contribution in [3.8, 4) is 0 Å². The summed E-state index contributed by atoms with van der Waals surface area (Å²) in [4.78, 5) is 11.5. The predicted octanol–water partition coefficient (Wildman–Crippen LogP) is 1.58. The van der Waals surface area contributed by atoms with E-state index < -0.39 is 5.91 Å². The number of aromatic nitrogens is 2. The highest BCUT2D eigenvalue weighted by Crippen LogP contribution is 2.24. The Hall–Kier alpha value is -2.50. The largest absolute Gasteiger partial charge is 0.399 e. The van der Waals surface area contributed by atoms with Gasteiger partial charge in [-0.05, 0) is 31.5 Å². The van der Waals surface area contributed by atoms with Gasteiger partial charge in [0.1, 0.15) is 11.4 Å². The average Bonchev–Trinajstić information content (AvgIpc) is 2.64. The van der Waals surface area contributed by atoms with Crippen LogP contribution in [0, 0.1) is 6.92 Å². The maximum atomic E-state index is 11.5. The van der Waals surface area contributed by atoms with Crippen LogP contribution in [0.4, 0.5) is 11.5 Å². The van der Waals surface area contributed by atoms with Crippen molar-refractivity contribution in [3.63, 3.8) is 0 Å². The molecule has 2 rings (SSSR count). The van der Waals surface area contributed by atoms with Crippen LogP contribution in [0.15, 0.2) is 24.3 Å². The molecule has 6 heteroatoms. The van der Waals surface area contributed by atoms with Crippen LogP contribution >= 0.6 is 0 Å². The second kappa shape index (κ2) is 5.24. The number of nitrogens with two attached hydrogens (primary N) is 2. The number of amides is 1. The molecule has 0 spiro atoms. The van der Waals surface area contributed by atoms with Crippen LogP contribution in [0.3, 0.4) is 0 Å². The van der Waals surface area contributed by atoms with Gasteiger partial charge in [0.25, 0.3) is 5.91 Å². The van der Waals surface area contributed by atoms with Crippen molar-refractivity contribution in [1.82, 2.24) is 9.78 Å². The van der Waals surface area contributed by atoms with Crippen molar-refractivity contribution >= 4 is 17.4 Å². The number of carbonyl (C=O) groups excluding carboxylic acids is 1. The minimum atomic E-state index is -0.488. The lowest BCUT2D eigenvalue weighted by Crippen LogP contribution is -2.17. The van der Waals surface area contributed by atoms with E-state index >= 15 is 0 Å². The lowest BCUT2D eigenvalue weighted by atomic mass is 10.1. The zero-order valence-corrected chi connectivity index (χ0v) is 11.8. The summed E-state index contributed by atoms with van der Waals surface area (Å²) in [6, 6.07) is 7.57. The minimum Gasteiger partial charge on any atom is -0.399 e. The van der Waals surface area contributed by atoms with Gasteiger partial charge in [0, 0.05) is 12.7 Å². The van der Waals surface area contributed by atoms with Crippen LogP contribution in [-0.4, -0.2) is 15.7 Å². The third kappa shape index (κ3) is 2.59. The molecule has 1 amide bonds. The van der Waals surface area contributed by atoms with E-state index in [1.165, 1.54) is 0 Å². The molecule has 106 valence electrons. The summed E-state index contributed by atoms with van der Waals surface area (Å²) in [7, 11) is 1.77. The maximum Gasteiger partial charge on any atom is 0.254 e. The highest BCUT2D eigenvalue weighted by atomic mass is 16.1. The molecule has 0 aliphatic rings. The summed E-state index contributed by atoms with van der Waals surface area (Å²) < 4.78 is 1.62. The van der Waals surface area contributed by atoms with E-state index in [2.05, 4.69) is 10.4 Å². The van der Waals surface area contributed by atoms with Crippen molar-refractivity contribution < 1.29 is 4.79 Å². The van der Waals surface area contributed by atoms with Gasteiger partial charge in [-0.1, -0.05) is 12.1 Å². The Morgan fingerprint density at radius 3 is 2.75 bits per heavy atom. The smallest absolute Gasteiger partial charge is 0.254 e. The number of nitrogens with zero attached hydrogens (tertiary/aromatic N) is 2. The Balaban J connectivity index is 2.33. The molecule has 0 saturated heterocycles. The van der Waals surface area contributed by atoms with Gasteiger partial charge in [-0.2, -0.15) is 5.10 Å². The predicted molar refractivity (Wildman–Crippen MR) is 79.4 cm³/mol. The number of anilines is 2. The summed E-state index contributed by atoms with van der Waals surface area (Å²) in [5.74, 6) is 0.128. The van der Waals surface area contributed by atoms with Crippen molar-refractivity contribution in [1.29, 1.82) is 0 Å². The minimum absolute atomic E-state index is 0.0219. The lowest BCUT2D eigenvalue weighted by Gasteiger charge is -2.17. The van der Waals surface area contributed by atoms with E-state index in [-0.39, 0.29) is 6.04 Å². The van der Waals surface area contributed by atoms with Gasteiger partial charge in [-0.15, -0.1) is 0 Å². The molecule has 1 aromatic carbocycles. The Bertz CT molecular complexity index is 647. The Morgan fingerprint density at radius 2 is 2.15 bits per heavy atom. The molecule has 0 fully saturated rings. The maximum absolute atomic E-state index is 11.5. The first-order valence-corrected chi connectivity index (χ1v) is 6.35. The molecule has 1 atom stereocenters.